The molecule has 3 N–H and O–H groups in total. The van der Waals surface area contributed by atoms with Crippen LogP contribution in [-0.2, 0) is 13.2 Å². The highest BCUT2D eigenvalue weighted by Gasteiger charge is 2.28. The Balaban J connectivity index is 1.52. The summed E-state index contributed by atoms with van der Waals surface area (Å²) in [5.74, 6) is 0.711. The molecule has 2 aromatic rings. The number of nitrogens with one attached hydrogen (secondary N) is 1. The monoisotopic (exact) mass is 344 g/mol. The van der Waals surface area contributed by atoms with Crippen LogP contribution in [0.3, 0.4) is 0 Å². The number of para-hydroxylation sites is 1. The van der Waals surface area contributed by atoms with Crippen molar-refractivity contribution < 1.29 is 19.3 Å². The first kappa shape index (κ1) is 17.9. The molecule has 0 aliphatic carbocycles. The summed E-state index contributed by atoms with van der Waals surface area (Å²) < 4.78 is 19.0. The number of hydrogen-bond donors (Lipinski definition) is 2. The first-order valence-corrected chi connectivity index (χ1v) is 9.37. The van der Waals surface area contributed by atoms with Crippen LogP contribution < -0.4 is 15.0 Å². The second-order valence-corrected chi connectivity index (χ2v) is 6.85. The van der Waals surface area contributed by atoms with Crippen molar-refractivity contribution >= 4 is 0 Å². The Morgan fingerprint density at radius 3 is 2.76 bits per heavy atom. The molecule has 3 rings (SSSR count). The van der Waals surface area contributed by atoms with Crippen molar-refractivity contribution in [3.8, 4) is 5.75 Å². The van der Waals surface area contributed by atoms with E-state index in [1.54, 1.807) is 17.0 Å². The number of hydrogen-bond acceptors (Lipinski definition) is 1. The van der Waals surface area contributed by atoms with Gasteiger partial charge in [-0.3, -0.25) is 0 Å². The lowest BCUT2D eigenvalue weighted by Crippen LogP contribution is -3.16. The number of rotatable bonds is 8. The molecule has 2 atom stereocenters. The molecule has 1 saturated heterocycles. The zero-order valence-corrected chi connectivity index (χ0v) is 15.0. The average Bonchev–Trinajstić information content (AvgIpc) is 3.10. The van der Waals surface area contributed by atoms with E-state index in [-0.39, 0.29) is 5.82 Å². The van der Waals surface area contributed by atoms with Crippen LogP contribution >= 0.6 is 0 Å². The van der Waals surface area contributed by atoms with Crippen molar-refractivity contribution in [2.75, 3.05) is 19.6 Å². The molecule has 3 nitrogen and oxygen atoms in total. The number of benzene rings is 2. The lowest BCUT2D eigenvalue weighted by molar-refractivity contribution is -0.925. The van der Waals surface area contributed by atoms with Gasteiger partial charge in [-0.1, -0.05) is 24.3 Å². The Kier molecular flexibility index (Phi) is 6.42. The molecule has 25 heavy (non-hydrogen) atoms. The van der Waals surface area contributed by atoms with Crippen LogP contribution in [0.2, 0.25) is 0 Å². The molecule has 0 amide bonds. The number of ether oxygens (including phenoxy) is 1. The quantitative estimate of drug-likeness (QED) is 0.748. The van der Waals surface area contributed by atoms with Gasteiger partial charge in [0.15, 0.2) is 0 Å². The van der Waals surface area contributed by atoms with E-state index in [0.29, 0.717) is 6.61 Å². The van der Waals surface area contributed by atoms with Crippen LogP contribution in [0.25, 0.3) is 0 Å². The van der Waals surface area contributed by atoms with E-state index >= 15 is 0 Å². The molecular formula is C21H29FN2O+2. The Labute approximate surface area is 149 Å². The van der Waals surface area contributed by atoms with E-state index in [2.05, 4.69) is 24.4 Å². The molecule has 0 saturated carbocycles. The van der Waals surface area contributed by atoms with Crippen molar-refractivity contribution in [2.45, 2.75) is 39.0 Å². The van der Waals surface area contributed by atoms with Crippen LogP contribution in [0.1, 0.15) is 30.9 Å². The zero-order valence-electron chi connectivity index (χ0n) is 15.0. The zero-order chi connectivity index (χ0) is 17.5. The Bertz CT molecular complexity index is 659. The number of likely N-dealkylation sites (tertiary alicyclic amines) is 1. The molecule has 0 radical (unpaired) electrons. The van der Waals surface area contributed by atoms with Crippen molar-refractivity contribution in [1.82, 2.24) is 0 Å². The highest BCUT2D eigenvalue weighted by atomic mass is 19.1. The summed E-state index contributed by atoms with van der Waals surface area (Å²) in [5.41, 5.74) is 2.20. The van der Waals surface area contributed by atoms with Crippen LogP contribution in [0.5, 0.6) is 5.75 Å². The van der Waals surface area contributed by atoms with Gasteiger partial charge in [0, 0.05) is 18.4 Å². The van der Waals surface area contributed by atoms with Gasteiger partial charge >= 0.3 is 0 Å². The maximum atomic E-state index is 13.0. The molecule has 0 bridgehead atoms. The van der Waals surface area contributed by atoms with E-state index in [0.717, 1.165) is 23.9 Å². The Hall–Kier alpha value is -1.91. The number of likely N-dealkylation sites (N-methyl/N-ethyl adjacent to an activating group) is 1. The van der Waals surface area contributed by atoms with Crippen molar-refractivity contribution in [1.29, 1.82) is 0 Å². The number of halogens is 1. The van der Waals surface area contributed by atoms with Gasteiger partial charge in [-0.15, -0.1) is 0 Å². The van der Waals surface area contributed by atoms with Gasteiger partial charge in [0.05, 0.1) is 13.1 Å². The average molecular weight is 344 g/mol. The summed E-state index contributed by atoms with van der Waals surface area (Å²) in [7, 11) is 0. The lowest BCUT2D eigenvalue weighted by atomic mass is 10.1. The minimum Gasteiger partial charge on any atom is -0.488 e. The highest BCUT2D eigenvalue weighted by Crippen LogP contribution is 2.18. The molecule has 1 unspecified atom stereocenters. The summed E-state index contributed by atoms with van der Waals surface area (Å²) in [6, 6.07) is 15.5. The van der Waals surface area contributed by atoms with E-state index in [1.165, 1.54) is 50.2 Å². The first-order valence-electron chi connectivity index (χ1n) is 9.37. The first-order chi connectivity index (χ1) is 12.3. The smallest absolute Gasteiger partial charge is 0.137 e. The van der Waals surface area contributed by atoms with Crippen LogP contribution in [-0.4, -0.2) is 25.7 Å². The van der Waals surface area contributed by atoms with Gasteiger partial charge in [-0.2, -0.15) is 0 Å². The summed E-state index contributed by atoms with van der Waals surface area (Å²) >= 11 is 0. The SMILES string of the molecule is CC[NH+]1CCC[C@@H]1C[NH2+]Cc1ccccc1OCc1ccc(F)cc1. The van der Waals surface area contributed by atoms with Gasteiger partial charge in [-0.25, -0.2) is 4.39 Å². The molecular weight excluding hydrogens is 315 g/mol. The van der Waals surface area contributed by atoms with Gasteiger partial charge in [-0.05, 0) is 36.8 Å². The minimum atomic E-state index is -0.214. The predicted octanol–water partition coefficient (Wildman–Crippen LogP) is 1.54. The van der Waals surface area contributed by atoms with Crippen molar-refractivity contribution in [3.05, 3.63) is 65.5 Å². The normalized spacial score (nSPS) is 19.9. The minimum absolute atomic E-state index is 0.214. The summed E-state index contributed by atoms with van der Waals surface area (Å²) in [4.78, 5) is 1.75. The fourth-order valence-corrected chi connectivity index (χ4v) is 3.73. The molecule has 1 heterocycles. The van der Waals surface area contributed by atoms with Gasteiger partial charge in [0.1, 0.15) is 37.3 Å². The van der Waals surface area contributed by atoms with Crippen molar-refractivity contribution in [3.63, 3.8) is 0 Å². The van der Waals surface area contributed by atoms with Crippen LogP contribution in [0.4, 0.5) is 4.39 Å². The molecule has 0 spiro atoms. The third kappa shape index (κ3) is 5.03. The molecule has 134 valence electrons. The molecule has 1 aliphatic rings. The number of quaternary nitrogens is 2. The fourth-order valence-electron chi connectivity index (χ4n) is 3.73. The van der Waals surface area contributed by atoms with Gasteiger partial charge in [0.25, 0.3) is 0 Å². The molecule has 1 fully saturated rings. The highest BCUT2D eigenvalue weighted by molar-refractivity contribution is 5.32. The maximum Gasteiger partial charge on any atom is 0.137 e. The summed E-state index contributed by atoms with van der Waals surface area (Å²) in [6.45, 7) is 7.42. The van der Waals surface area contributed by atoms with E-state index in [4.69, 9.17) is 4.74 Å². The number of nitrogens with two attached hydrogens (primary N) is 1. The van der Waals surface area contributed by atoms with Gasteiger partial charge in [0.2, 0.25) is 0 Å². The predicted molar refractivity (Wildman–Crippen MR) is 97.1 cm³/mol. The second kappa shape index (κ2) is 8.97. The standard InChI is InChI=1S/C21H27FN2O/c1-2-24-13-5-7-20(24)15-23-14-18-6-3-4-8-21(18)25-16-17-9-11-19(22)12-10-17/h3-4,6,8-12,20,23H,2,5,7,13-16H2,1H3/p+2/t20-/m1/s1. The van der Waals surface area contributed by atoms with E-state index in [9.17, 15) is 4.39 Å². The maximum absolute atomic E-state index is 13.0. The van der Waals surface area contributed by atoms with Crippen LogP contribution in [0.15, 0.2) is 48.5 Å². The summed E-state index contributed by atoms with van der Waals surface area (Å²) in [6.07, 6.45) is 2.71. The van der Waals surface area contributed by atoms with E-state index in [1.807, 2.05) is 12.1 Å². The van der Waals surface area contributed by atoms with Crippen LogP contribution in [0, 0.1) is 5.82 Å². The molecule has 0 aromatic heterocycles. The Morgan fingerprint density at radius 1 is 1.16 bits per heavy atom. The summed E-state index contributed by atoms with van der Waals surface area (Å²) in [5, 5.41) is 2.41. The van der Waals surface area contributed by atoms with E-state index < -0.39 is 0 Å². The third-order valence-electron chi connectivity index (χ3n) is 5.18. The molecule has 2 aromatic carbocycles. The largest absolute Gasteiger partial charge is 0.488 e. The topological polar surface area (TPSA) is 30.3 Å². The third-order valence-corrected chi connectivity index (χ3v) is 5.18. The fraction of sp³-hybridized carbons (Fsp3) is 0.429. The lowest BCUT2D eigenvalue weighted by Gasteiger charge is -2.18. The van der Waals surface area contributed by atoms with Crippen molar-refractivity contribution in [2.24, 2.45) is 0 Å². The molecule has 4 heteroatoms. The second-order valence-electron chi connectivity index (χ2n) is 6.85. The molecule has 1 aliphatic heterocycles. The Morgan fingerprint density at radius 2 is 1.96 bits per heavy atom. The van der Waals surface area contributed by atoms with Gasteiger partial charge < -0.3 is 15.0 Å².